The summed E-state index contributed by atoms with van der Waals surface area (Å²) in [6.45, 7) is 3.82. The highest BCUT2D eigenvalue weighted by atomic mass is 19.1. The van der Waals surface area contributed by atoms with E-state index in [9.17, 15) is 23.9 Å². The number of halogens is 1. The Hall–Kier alpha value is -3.10. The van der Waals surface area contributed by atoms with Crippen LogP contribution in [0.15, 0.2) is 23.1 Å². The molecular formula is C17H19FN4O4. The number of anilines is 1. The highest BCUT2D eigenvalue weighted by molar-refractivity contribution is 5.93. The van der Waals surface area contributed by atoms with Crippen LogP contribution in [0.1, 0.15) is 17.3 Å². The number of carbonyl (C=O) groups is 2. The van der Waals surface area contributed by atoms with E-state index in [2.05, 4.69) is 0 Å². The molecule has 2 aromatic rings. The molecular weight excluding hydrogens is 343 g/mol. The first-order chi connectivity index (χ1) is 12.3. The summed E-state index contributed by atoms with van der Waals surface area (Å²) < 4.78 is 16.3. The Labute approximate surface area is 148 Å². The summed E-state index contributed by atoms with van der Waals surface area (Å²) in [5.74, 6) is -1.95. The van der Waals surface area contributed by atoms with E-state index in [-0.39, 0.29) is 10.9 Å². The van der Waals surface area contributed by atoms with Gasteiger partial charge in [-0.2, -0.15) is 0 Å². The van der Waals surface area contributed by atoms with Crippen LogP contribution >= 0.6 is 0 Å². The first kappa shape index (κ1) is 17.7. The maximum absolute atomic E-state index is 14.7. The number of aromatic nitrogens is 1. The topological polar surface area (TPSA) is 109 Å². The molecule has 0 saturated carbocycles. The lowest BCUT2D eigenvalue weighted by molar-refractivity contribution is 0.0694. The molecule has 0 spiro atoms. The molecule has 0 aliphatic carbocycles. The molecule has 2 heterocycles. The number of hydrogen-bond acceptors (Lipinski definition) is 4. The molecule has 0 radical (unpaired) electrons. The molecule has 1 aromatic carbocycles. The van der Waals surface area contributed by atoms with Crippen molar-refractivity contribution in [1.29, 1.82) is 0 Å². The maximum atomic E-state index is 14.7. The lowest BCUT2D eigenvalue weighted by Gasteiger charge is -2.35. The van der Waals surface area contributed by atoms with E-state index >= 15 is 0 Å². The fraction of sp³-hybridized carbons (Fsp3) is 0.353. The zero-order valence-corrected chi connectivity index (χ0v) is 14.2. The van der Waals surface area contributed by atoms with Crippen LogP contribution in [-0.2, 0) is 6.54 Å². The number of nitrogens with zero attached hydrogens (tertiary/aromatic N) is 3. The second-order valence-corrected chi connectivity index (χ2v) is 6.10. The van der Waals surface area contributed by atoms with Crippen LogP contribution < -0.4 is 16.1 Å². The van der Waals surface area contributed by atoms with Gasteiger partial charge in [0.1, 0.15) is 11.4 Å². The average molecular weight is 362 g/mol. The van der Waals surface area contributed by atoms with Crippen LogP contribution in [0.3, 0.4) is 0 Å². The first-order valence-corrected chi connectivity index (χ1v) is 8.22. The molecule has 2 amide bonds. The van der Waals surface area contributed by atoms with E-state index in [1.807, 2.05) is 6.92 Å². The minimum absolute atomic E-state index is 0.0313. The number of carboxylic acid groups (broad SMARTS) is 1. The Morgan fingerprint density at radius 1 is 1.23 bits per heavy atom. The van der Waals surface area contributed by atoms with Crippen molar-refractivity contribution >= 4 is 28.6 Å². The molecule has 9 heteroatoms. The highest BCUT2D eigenvalue weighted by Gasteiger charge is 2.23. The summed E-state index contributed by atoms with van der Waals surface area (Å²) >= 11 is 0. The largest absolute Gasteiger partial charge is 0.477 e. The van der Waals surface area contributed by atoms with Crippen molar-refractivity contribution in [2.24, 2.45) is 5.73 Å². The van der Waals surface area contributed by atoms with Gasteiger partial charge in [-0.05, 0) is 19.1 Å². The van der Waals surface area contributed by atoms with Gasteiger partial charge in [0, 0.05) is 44.3 Å². The predicted molar refractivity (Wildman–Crippen MR) is 94.2 cm³/mol. The van der Waals surface area contributed by atoms with E-state index in [4.69, 9.17) is 5.73 Å². The summed E-state index contributed by atoms with van der Waals surface area (Å²) in [6, 6.07) is 2.14. The first-order valence-electron chi connectivity index (χ1n) is 8.22. The minimum Gasteiger partial charge on any atom is -0.477 e. The molecule has 26 heavy (non-hydrogen) atoms. The van der Waals surface area contributed by atoms with Gasteiger partial charge < -0.3 is 25.2 Å². The molecule has 0 unspecified atom stereocenters. The minimum atomic E-state index is -1.34. The monoisotopic (exact) mass is 362 g/mol. The molecule has 1 fully saturated rings. The molecule has 1 aliphatic rings. The van der Waals surface area contributed by atoms with E-state index < -0.39 is 23.2 Å². The van der Waals surface area contributed by atoms with Crippen LogP contribution in [0, 0.1) is 5.82 Å². The van der Waals surface area contributed by atoms with E-state index in [0.29, 0.717) is 43.9 Å². The molecule has 1 saturated heterocycles. The number of primary amides is 1. The lowest BCUT2D eigenvalue weighted by Crippen LogP contribution is -2.50. The number of piperazine rings is 1. The number of rotatable bonds is 3. The van der Waals surface area contributed by atoms with Crippen LogP contribution in [0.4, 0.5) is 14.9 Å². The summed E-state index contributed by atoms with van der Waals surface area (Å²) in [5, 5.41) is 9.22. The quantitative estimate of drug-likeness (QED) is 0.849. The molecule has 3 N–H and O–H groups in total. The van der Waals surface area contributed by atoms with E-state index in [0.717, 1.165) is 6.07 Å². The number of pyridine rings is 1. The van der Waals surface area contributed by atoms with Gasteiger partial charge >= 0.3 is 12.0 Å². The molecule has 138 valence electrons. The zero-order valence-electron chi connectivity index (χ0n) is 14.2. The second-order valence-electron chi connectivity index (χ2n) is 6.10. The van der Waals surface area contributed by atoms with Crippen molar-refractivity contribution in [3.63, 3.8) is 0 Å². The number of amides is 2. The van der Waals surface area contributed by atoms with Crippen molar-refractivity contribution in [2.75, 3.05) is 31.1 Å². The number of urea groups is 1. The van der Waals surface area contributed by atoms with Gasteiger partial charge in [0.2, 0.25) is 5.43 Å². The van der Waals surface area contributed by atoms with Gasteiger partial charge in [0.25, 0.3) is 0 Å². The SMILES string of the molecule is CCn1cc(C(=O)O)c(=O)c2cc(F)c(N3CCN(C(N)=O)CC3)cc21. The lowest BCUT2D eigenvalue weighted by atomic mass is 10.1. The number of nitrogens with two attached hydrogens (primary N) is 1. The van der Waals surface area contributed by atoms with E-state index in [1.165, 1.54) is 11.1 Å². The third-order valence-corrected chi connectivity index (χ3v) is 4.65. The Kier molecular flexibility index (Phi) is 4.54. The van der Waals surface area contributed by atoms with Gasteiger partial charge in [0.15, 0.2) is 0 Å². The van der Waals surface area contributed by atoms with Gasteiger partial charge in [0.05, 0.1) is 11.2 Å². The third-order valence-electron chi connectivity index (χ3n) is 4.65. The molecule has 0 bridgehead atoms. The summed E-state index contributed by atoms with van der Waals surface area (Å²) in [5.41, 5.74) is 4.94. The molecule has 1 aliphatic heterocycles. The number of aromatic carboxylic acids is 1. The van der Waals surface area contributed by atoms with Gasteiger partial charge in [-0.3, -0.25) is 4.79 Å². The number of hydrogen-bond donors (Lipinski definition) is 2. The Balaban J connectivity index is 2.08. The summed E-state index contributed by atoms with van der Waals surface area (Å²) in [7, 11) is 0. The molecule has 0 atom stereocenters. The average Bonchev–Trinajstić information content (AvgIpc) is 2.62. The van der Waals surface area contributed by atoms with Crippen molar-refractivity contribution < 1.29 is 19.1 Å². The van der Waals surface area contributed by atoms with Crippen LogP contribution in [0.2, 0.25) is 0 Å². The Bertz CT molecular complexity index is 948. The molecule has 1 aromatic heterocycles. The van der Waals surface area contributed by atoms with Gasteiger partial charge in [-0.25, -0.2) is 14.0 Å². The summed E-state index contributed by atoms with van der Waals surface area (Å²) in [6.07, 6.45) is 1.28. The number of aryl methyl sites for hydroxylation is 1. The van der Waals surface area contributed by atoms with Crippen molar-refractivity contribution in [3.05, 3.63) is 39.9 Å². The number of fused-ring (bicyclic) bond motifs is 1. The molecule has 8 nitrogen and oxygen atoms in total. The number of carbonyl (C=O) groups excluding carboxylic acids is 1. The Morgan fingerprint density at radius 3 is 2.42 bits per heavy atom. The van der Waals surface area contributed by atoms with Crippen molar-refractivity contribution in [3.8, 4) is 0 Å². The summed E-state index contributed by atoms with van der Waals surface area (Å²) in [4.78, 5) is 38.1. The fourth-order valence-electron chi connectivity index (χ4n) is 3.22. The smallest absolute Gasteiger partial charge is 0.341 e. The van der Waals surface area contributed by atoms with E-state index in [1.54, 1.807) is 15.5 Å². The standard InChI is InChI=1S/C17H19FN4O4/c1-2-20-9-11(16(24)25)15(23)10-7-12(18)14(8-13(10)20)21-3-5-22(6-4-21)17(19)26/h7-9H,2-6H2,1H3,(H2,19,26)(H,24,25). The maximum Gasteiger partial charge on any atom is 0.341 e. The Morgan fingerprint density at radius 2 is 1.88 bits per heavy atom. The van der Waals surface area contributed by atoms with Crippen LogP contribution in [0.5, 0.6) is 0 Å². The number of benzene rings is 1. The van der Waals surface area contributed by atoms with Crippen LogP contribution in [-0.4, -0.2) is 52.8 Å². The van der Waals surface area contributed by atoms with Crippen LogP contribution in [0.25, 0.3) is 10.9 Å². The molecule has 3 rings (SSSR count). The van der Waals surface area contributed by atoms with Gasteiger partial charge in [-0.1, -0.05) is 0 Å². The van der Waals surface area contributed by atoms with Gasteiger partial charge in [-0.15, -0.1) is 0 Å². The highest BCUT2D eigenvalue weighted by Crippen LogP contribution is 2.26. The third kappa shape index (κ3) is 2.96. The predicted octanol–water partition coefficient (Wildman–Crippen LogP) is 1.06. The number of carboxylic acids is 1. The fourth-order valence-corrected chi connectivity index (χ4v) is 3.22. The van der Waals surface area contributed by atoms with Crippen molar-refractivity contribution in [2.45, 2.75) is 13.5 Å². The normalized spacial score (nSPS) is 14.7. The zero-order chi connectivity index (χ0) is 19.0. The second kappa shape index (κ2) is 6.66. The van der Waals surface area contributed by atoms with Crippen molar-refractivity contribution in [1.82, 2.24) is 9.47 Å².